The zero-order valence-electron chi connectivity index (χ0n) is 20.7. The number of aliphatic hydroxyl groups is 2. The normalized spacial score (nSPS) is 13.2. The number of aliphatic hydroxyl groups excluding tert-OH is 2. The zero-order valence-corrected chi connectivity index (χ0v) is 20.7. The Morgan fingerprint density at radius 2 is 1.22 bits per heavy atom. The van der Waals surface area contributed by atoms with Crippen molar-refractivity contribution in [3.05, 3.63) is 102 Å². The lowest BCUT2D eigenvalue weighted by Gasteiger charge is -2.37. The number of nitrogens with zero attached hydrogens (tertiary/aromatic N) is 2. The summed E-state index contributed by atoms with van der Waals surface area (Å²) >= 11 is 0. The second-order valence-electron chi connectivity index (χ2n) is 8.65. The van der Waals surface area contributed by atoms with Gasteiger partial charge < -0.3 is 30.2 Å². The van der Waals surface area contributed by atoms with E-state index in [2.05, 4.69) is 116 Å². The highest BCUT2D eigenvalue weighted by molar-refractivity contribution is 5.83. The van der Waals surface area contributed by atoms with Gasteiger partial charge in [0.05, 0.1) is 6.04 Å². The van der Waals surface area contributed by atoms with Crippen LogP contribution in [0.25, 0.3) is 0 Å². The van der Waals surface area contributed by atoms with E-state index in [0.717, 1.165) is 13.1 Å². The lowest BCUT2D eigenvalue weighted by molar-refractivity contribution is -0.165. The molecule has 0 heterocycles. The number of aryl methyl sites for hydroxylation is 1. The number of carboxylic acids is 2. The Bertz CT molecular complexity index is 1070. The molecule has 36 heavy (non-hydrogen) atoms. The Morgan fingerprint density at radius 3 is 1.69 bits per heavy atom. The largest absolute Gasteiger partial charge is 0.479 e. The van der Waals surface area contributed by atoms with E-state index in [1.54, 1.807) is 0 Å². The van der Waals surface area contributed by atoms with Crippen LogP contribution in [0.2, 0.25) is 0 Å². The molecule has 0 bridgehead atoms. The topological polar surface area (TPSA) is 122 Å². The van der Waals surface area contributed by atoms with E-state index < -0.39 is 24.1 Å². The quantitative estimate of drug-likeness (QED) is 0.339. The van der Waals surface area contributed by atoms with Crippen molar-refractivity contribution in [1.82, 2.24) is 4.90 Å². The van der Waals surface area contributed by atoms with Crippen LogP contribution in [0.3, 0.4) is 0 Å². The van der Waals surface area contributed by atoms with Crippen molar-refractivity contribution in [2.24, 2.45) is 0 Å². The molecule has 3 aromatic rings. The van der Waals surface area contributed by atoms with Crippen LogP contribution in [-0.2, 0) is 16.1 Å². The third kappa shape index (κ3) is 8.49. The summed E-state index contributed by atoms with van der Waals surface area (Å²) in [5.74, 6) is -3.54. The van der Waals surface area contributed by atoms with Gasteiger partial charge in [0.2, 0.25) is 0 Å². The number of hydrogen-bond acceptors (Lipinski definition) is 6. The predicted molar refractivity (Wildman–Crippen MR) is 139 cm³/mol. The van der Waals surface area contributed by atoms with Crippen LogP contribution in [0.15, 0.2) is 84.9 Å². The molecule has 8 nitrogen and oxygen atoms in total. The van der Waals surface area contributed by atoms with E-state index in [1.165, 1.54) is 22.4 Å². The van der Waals surface area contributed by atoms with Gasteiger partial charge in [-0.2, -0.15) is 0 Å². The van der Waals surface area contributed by atoms with Gasteiger partial charge >= 0.3 is 11.9 Å². The van der Waals surface area contributed by atoms with Gasteiger partial charge in [-0.25, -0.2) is 9.59 Å². The number of likely N-dealkylation sites (N-methyl/N-ethyl adjacent to an activating group) is 1. The SMILES string of the molecule is Cc1ccccc1N(Cc1ccccc1)C(CN(C)C)c1ccccc1.O=C(O)C(O)C(O)C(=O)O. The van der Waals surface area contributed by atoms with Crippen molar-refractivity contribution in [2.75, 3.05) is 25.5 Å². The molecule has 0 spiro atoms. The summed E-state index contributed by atoms with van der Waals surface area (Å²) < 4.78 is 0. The summed E-state index contributed by atoms with van der Waals surface area (Å²) in [6.45, 7) is 4.05. The minimum atomic E-state index is -2.27. The van der Waals surface area contributed by atoms with Crippen molar-refractivity contribution in [3.63, 3.8) is 0 Å². The Hall–Kier alpha value is -3.72. The standard InChI is InChI=1S/C24H28N2.C4H6O6/c1-20-12-10-11-17-23(20)26(18-21-13-6-4-7-14-21)24(19-25(2)3)22-15-8-5-9-16-22;5-1(3(7)8)2(6)4(9)10/h4-17,24H,18-19H2,1-3H3;1-2,5-6H,(H,7,8)(H,9,10). The van der Waals surface area contributed by atoms with Gasteiger partial charge in [-0.05, 0) is 43.8 Å². The molecular formula is C28H34N2O6. The summed E-state index contributed by atoms with van der Waals surface area (Å²) in [6, 6.07) is 30.6. The monoisotopic (exact) mass is 494 g/mol. The summed E-state index contributed by atoms with van der Waals surface area (Å²) in [5.41, 5.74) is 5.28. The molecule has 0 aromatic heterocycles. The Balaban J connectivity index is 0.000000388. The van der Waals surface area contributed by atoms with Gasteiger partial charge in [-0.3, -0.25) is 0 Å². The predicted octanol–water partition coefficient (Wildman–Crippen LogP) is 3.18. The number of para-hydroxylation sites is 1. The maximum Gasteiger partial charge on any atom is 0.335 e. The fraction of sp³-hybridized carbons (Fsp3) is 0.286. The van der Waals surface area contributed by atoms with Crippen LogP contribution in [-0.4, -0.2) is 70.1 Å². The van der Waals surface area contributed by atoms with Gasteiger partial charge in [0.15, 0.2) is 12.2 Å². The second-order valence-corrected chi connectivity index (χ2v) is 8.65. The molecule has 0 aliphatic heterocycles. The van der Waals surface area contributed by atoms with Gasteiger partial charge in [-0.1, -0.05) is 78.9 Å². The first-order chi connectivity index (χ1) is 17.1. The van der Waals surface area contributed by atoms with Crippen molar-refractivity contribution in [1.29, 1.82) is 0 Å². The average molecular weight is 495 g/mol. The lowest BCUT2D eigenvalue weighted by atomic mass is 10.0. The van der Waals surface area contributed by atoms with Crippen molar-refractivity contribution in [2.45, 2.75) is 31.7 Å². The molecular weight excluding hydrogens is 460 g/mol. The van der Waals surface area contributed by atoms with E-state index in [1.807, 2.05) is 0 Å². The molecule has 0 saturated carbocycles. The molecule has 3 aromatic carbocycles. The van der Waals surface area contributed by atoms with Crippen LogP contribution < -0.4 is 4.90 Å². The van der Waals surface area contributed by atoms with E-state index in [0.29, 0.717) is 0 Å². The minimum absolute atomic E-state index is 0.285. The fourth-order valence-corrected chi connectivity index (χ4v) is 3.70. The highest BCUT2D eigenvalue weighted by atomic mass is 16.4. The first kappa shape index (κ1) is 28.5. The third-order valence-corrected chi connectivity index (χ3v) is 5.52. The third-order valence-electron chi connectivity index (χ3n) is 5.52. The number of carbonyl (C=O) groups is 2. The number of rotatable bonds is 10. The molecule has 0 radical (unpaired) electrons. The zero-order chi connectivity index (χ0) is 26.7. The molecule has 0 aliphatic carbocycles. The van der Waals surface area contributed by atoms with Gasteiger partial charge in [0.1, 0.15) is 0 Å². The smallest absolute Gasteiger partial charge is 0.335 e. The molecule has 3 atom stereocenters. The van der Waals surface area contributed by atoms with E-state index in [-0.39, 0.29) is 6.04 Å². The summed E-state index contributed by atoms with van der Waals surface area (Å²) in [7, 11) is 4.29. The lowest BCUT2D eigenvalue weighted by Crippen LogP contribution is -2.39. The second kappa shape index (κ2) is 14.0. The number of anilines is 1. The molecule has 0 fully saturated rings. The van der Waals surface area contributed by atoms with Gasteiger partial charge in [0.25, 0.3) is 0 Å². The maximum atomic E-state index is 9.77. The number of aliphatic carboxylic acids is 2. The molecule has 0 aliphatic rings. The fourth-order valence-electron chi connectivity index (χ4n) is 3.70. The van der Waals surface area contributed by atoms with E-state index in [9.17, 15) is 9.59 Å². The minimum Gasteiger partial charge on any atom is -0.479 e. The Morgan fingerprint density at radius 1 is 0.750 bits per heavy atom. The summed E-state index contributed by atoms with van der Waals surface area (Å²) in [4.78, 5) is 24.4. The highest BCUT2D eigenvalue weighted by Crippen LogP contribution is 2.32. The first-order valence-electron chi connectivity index (χ1n) is 11.5. The highest BCUT2D eigenvalue weighted by Gasteiger charge is 2.29. The molecule has 0 saturated heterocycles. The Labute approximate surface area is 211 Å². The summed E-state index contributed by atoms with van der Waals surface area (Å²) in [5, 5.41) is 32.5. The number of hydrogen-bond donors (Lipinski definition) is 4. The van der Waals surface area contributed by atoms with Crippen LogP contribution >= 0.6 is 0 Å². The van der Waals surface area contributed by atoms with E-state index >= 15 is 0 Å². The molecule has 0 amide bonds. The molecule has 3 rings (SSSR count). The van der Waals surface area contributed by atoms with Crippen molar-refractivity contribution >= 4 is 17.6 Å². The first-order valence-corrected chi connectivity index (χ1v) is 11.5. The van der Waals surface area contributed by atoms with E-state index in [4.69, 9.17) is 20.4 Å². The van der Waals surface area contributed by atoms with Crippen LogP contribution in [0, 0.1) is 6.92 Å². The van der Waals surface area contributed by atoms with Crippen LogP contribution in [0.5, 0.6) is 0 Å². The Kier molecular flexibility index (Phi) is 11.1. The number of carboxylic acid groups (broad SMARTS) is 2. The maximum absolute atomic E-state index is 9.77. The average Bonchev–Trinajstić information content (AvgIpc) is 2.87. The van der Waals surface area contributed by atoms with Crippen molar-refractivity contribution < 1.29 is 30.0 Å². The molecule has 4 N–H and O–H groups in total. The molecule has 3 unspecified atom stereocenters. The van der Waals surface area contributed by atoms with Crippen LogP contribution in [0.4, 0.5) is 5.69 Å². The van der Waals surface area contributed by atoms with Gasteiger partial charge in [-0.15, -0.1) is 0 Å². The molecule has 192 valence electrons. The summed E-state index contributed by atoms with van der Waals surface area (Å²) in [6.07, 6.45) is -4.53. The molecule has 8 heteroatoms. The van der Waals surface area contributed by atoms with Crippen LogP contribution in [0.1, 0.15) is 22.7 Å². The van der Waals surface area contributed by atoms with Crippen molar-refractivity contribution in [3.8, 4) is 0 Å². The van der Waals surface area contributed by atoms with Gasteiger partial charge in [0, 0.05) is 18.8 Å². The number of benzene rings is 3.